The van der Waals surface area contributed by atoms with E-state index in [-0.39, 0.29) is 5.91 Å². The topological polar surface area (TPSA) is 23.6 Å². The summed E-state index contributed by atoms with van der Waals surface area (Å²) in [4.78, 5) is 13.5. The van der Waals surface area contributed by atoms with Crippen molar-refractivity contribution in [3.05, 3.63) is 30.3 Å². The van der Waals surface area contributed by atoms with Crippen molar-refractivity contribution in [2.75, 3.05) is 24.5 Å². The van der Waals surface area contributed by atoms with E-state index < -0.39 is 0 Å². The molecule has 1 heterocycles. The highest BCUT2D eigenvalue weighted by atomic mass is 127. The van der Waals surface area contributed by atoms with Gasteiger partial charge in [0, 0.05) is 41.6 Å². The second-order valence-corrected chi connectivity index (χ2v) is 4.59. The van der Waals surface area contributed by atoms with E-state index in [1.165, 1.54) is 0 Å². The first kappa shape index (κ1) is 9.92. The largest absolute Gasteiger partial charge is 0.310 e. The molecule has 0 aliphatic carbocycles. The standard InChI is InChI=1S/C10H11IN2O/c11-12-6-7-13(10(14)8-12)9-4-2-1-3-5-9/h1-5H,6-8H2. The number of hydrogen-bond acceptors (Lipinski definition) is 2. The van der Waals surface area contributed by atoms with Crippen LogP contribution in [0.5, 0.6) is 0 Å². The highest BCUT2D eigenvalue weighted by Crippen LogP contribution is 2.17. The summed E-state index contributed by atoms with van der Waals surface area (Å²) in [5, 5.41) is 0. The summed E-state index contributed by atoms with van der Waals surface area (Å²) < 4.78 is 2.01. The van der Waals surface area contributed by atoms with E-state index in [0.29, 0.717) is 6.54 Å². The number of carbonyl (C=O) groups excluding carboxylic acids is 1. The predicted molar refractivity (Wildman–Crippen MR) is 64.4 cm³/mol. The second kappa shape index (κ2) is 4.27. The van der Waals surface area contributed by atoms with Crippen molar-refractivity contribution < 1.29 is 4.79 Å². The van der Waals surface area contributed by atoms with Crippen LogP contribution in [0.3, 0.4) is 0 Å². The zero-order valence-corrected chi connectivity index (χ0v) is 9.85. The molecule has 1 saturated heterocycles. The van der Waals surface area contributed by atoms with Gasteiger partial charge in [-0.3, -0.25) is 4.79 Å². The molecular weight excluding hydrogens is 291 g/mol. The molecule has 0 bridgehead atoms. The number of piperazine rings is 1. The molecule has 0 saturated carbocycles. The molecule has 0 spiro atoms. The summed E-state index contributed by atoms with van der Waals surface area (Å²) >= 11 is 2.19. The molecule has 0 radical (unpaired) electrons. The van der Waals surface area contributed by atoms with Gasteiger partial charge < -0.3 is 4.90 Å². The number of hydrogen-bond donors (Lipinski definition) is 0. The normalized spacial score (nSPS) is 18.6. The number of nitrogens with zero attached hydrogens (tertiary/aromatic N) is 2. The van der Waals surface area contributed by atoms with E-state index in [1.54, 1.807) is 0 Å². The number of para-hydroxylation sites is 1. The van der Waals surface area contributed by atoms with Gasteiger partial charge in [-0.05, 0) is 12.1 Å². The summed E-state index contributed by atoms with van der Waals surface area (Å²) in [6, 6.07) is 9.82. The quantitative estimate of drug-likeness (QED) is 0.582. The van der Waals surface area contributed by atoms with Crippen molar-refractivity contribution in [3.63, 3.8) is 0 Å². The third-order valence-electron chi connectivity index (χ3n) is 2.24. The van der Waals surface area contributed by atoms with Gasteiger partial charge in [0.2, 0.25) is 5.91 Å². The van der Waals surface area contributed by atoms with Gasteiger partial charge in [-0.2, -0.15) is 0 Å². The number of halogens is 1. The number of carbonyl (C=O) groups is 1. The molecule has 0 unspecified atom stereocenters. The number of benzene rings is 1. The third-order valence-corrected chi connectivity index (χ3v) is 3.07. The maximum atomic E-state index is 11.7. The van der Waals surface area contributed by atoms with Crippen LogP contribution in [0.15, 0.2) is 30.3 Å². The van der Waals surface area contributed by atoms with Crippen molar-refractivity contribution in [1.82, 2.24) is 3.11 Å². The van der Waals surface area contributed by atoms with E-state index in [4.69, 9.17) is 0 Å². The van der Waals surface area contributed by atoms with Crippen LogP contribution in [0, 0.1) is 0 Å². The molecule has 1 aliphatic rings. The molecule has 2 rings (SSSR count). The Balaban J connectivity index is 2.16. The minimum Gasteiger partial charge on any atom is -0.310 e. The van der Waals surface area contributed by atoms with E-state index in [2.05, 4.69) is 22.9 Å². The zero-order valence-electron chi connectivity index (χ0n) is 7.69. The number of rotatable bonds is 1. The lowest BCUT2D eigenvalue weighted by Gasteiger charge is -2.30. The van der Waals surface area contributed by atoms with Crippen LogP contribution in [0.25, 0.3) is 0 Å². The Morgan fingerprint density at radius 3 is 2.50 bits per heavy atom. The fraction of sp³-hybridized carbons (Fsp3) is 0.300. The van der Waals surface area contributed by atoms with Gasteiger partial charge in [-0.25, -0.2) is 3.11 Å². The first-order valence-corrected chi connectivity index (χ1v) is 5.50. The molecule has 0 N–H and O–H groups in total. The fourth-order valence-corrected chi connectivity index (χ4v) is 2.03. The first-order valence-electron chi connectivity index (χ1n) is 4.53. The number of amides is 1. The molecule has 3 nitrogen and oxygen atoms in total. The molecule has 1 aliphatic heterocycles. The molecule has 74 valence electrons. The highest BCUT2D eigenvalue weighted by molar-refractivity contribution is 14.1. The van der Waals surface area contributed by atoms with Crippen LogP contribution < -0.4 is 4.90 Å². The van der Waals surface area contributed by atoms with Gasteiger partial charge in [-0.1, -0.05) is 18.2 Å². The molecular formula is C10H11IN2O. The predicted octanol–water partition coefficient (Wildman–Crippen LogP) is 1.69. The summed E-state index contributed by atoms with van der Waals surface area (Å²) in [5.41, 5.74) is 1.00. The van der Waals surface area contributed by atoms with Gasteiger partial charge in [-0.15, -0.1) is 0 Å². The lowest BCUT2D eigenvalue weighted by atomic mass is 10.2. The SMILES string of the molecule is O=C1CN(I)CCN1c1ccccc1. The van der Waals surface area contributed by atoms with Crippen LogP contribution >= 0.6 is 22.9 Å². The lowest BCUT2D eigenvalue weighted by Crippen LogP contribution is -2.46. The van der Waals surface area contributed by atoms with Crippen molar-refractivity contribution in [2.45, 2.75) is 0 Å². The van der Waals surface area contributed by atoms with Gasteiger partial charge in [0.25, 0.3) is 0 Å². The summed E-state index contributed by atoms with van der Waals surface area (Å²) in [6.07, 6.45) is 0. The van der Waals surface area contributed by atoms with Crippen LogP contribution in [-0.4, -0.2) is 28.7 Å². The Kier molecular flexibility index (Phi) is 3.02. The minimum absolute atomic E-state index is 0.178. The van der Waals surface area contributed by atoms with Crippen LogP contribution in [0.4, 0.5) is 5.69 Å². The zero-order chi connectivity index (χ0) is 9.97. The summed E-state index contributed by atoms with van der Waals surface area (Å²) in [7, 11) is 0. The molecule has 1 aromatic carbocycles. The molecule has 14 heavy (non-hydrogen) atoms. The van der Waals surface area contributed by atoms with E-state index in [9.17, 15) is 4.79 Å². The number of anilines is 1. The minimum atomic E-state index is 0.178. The molecule has 0 atom stereocenters. The monoisotopic (exact) mass is 302 g/mol. The summed E-state index contributed by atoms with van der Waals surface area (Å²) in [6.45, 7) is 2.22. The Morgan fingerprint density at radius 2 is 1.86 bits per heavy atom. The average Bonchev–Trinajstić information content (AvgIpc) is 2.19. The van der Waals surface area contributed by atoms with Crippen LogP contribution in [0.1, 0.15) is 0 Å². The maximum absolute atomic E-state index is 11.7. The Morgan fingerprint density at radius 1 is 1.14 bits per heavy atom. The summed E-state index contributed by atoms with van der Waals surface area (Å²) in [5.74, 6) is 0.178. The molecule has 0 aromatic heterocycles. The molecule has 1 amide bonds. The molecule has 1 fully saturated rings. The average molecular weight is 302 g/mol. The first-order chi connectivity index (χ1) is 6.77. The fourth-order valence-electron chi connectivity index (χ4n) is 1.53. The van der Waals surface area contributed by atoms with Crippen LogP contribution in [-0.2, 0) is 4.79 Å². The van der Waals surface area contributed by atoms with Crippen molar-refractivity contribution in [3.8, 4) is 0 Å². The molecule has 4 heteroatoms. The van der Waals surface area contributed by atoms with Gasteiger partial charge in [0.1, 0.15) is 0 Å². The Hall–Kier alpha value is -0.620. The van der Waals surface area contributed by atoms with E-state index in [0.717, 1.165) is 18.8 Å². The lowest BCUT2D eigenvalue weighted by molar-refractivity contribution is -0.119. The smallest absolute Gasteiger partial charge is 0.242 e. The maximum Gasteiger partial charge on any atom is 0.242 e. The van der Waals surface area contributed by atoms with E-state index >= 15 is 0 Å². The highest BCUT2D eigenvalue weighted by Gasteiger charge is 2.23. The Labute approximate surface area is 97.2 Å². The van der Waals surface area contributed by atoms with Gasteiger partial charge >= 0.3 is 0 Å². The van der Waals surface area contributed by atoms with Crippen molar-refractivity contribution in [1.29, 1.82) is 0 Å². The Bertz CT molecular complexity index is 328. The van der Waals surface area contributed by atoms with E-state index in [1.807, 2.05) is 38.3 Å². The second-order valence-electron chi connectivity index (χ2n) is 3.23. The van der Waals surface area contributed by atoms with Gasteiger partial charge in [0.05, 0.1) is 6.54 Å². The van der Waals surface area contributed by atoms with Crippen molar-refractivity contribution >= 4 is 34.5 Å². The molecule has 1 aromatic rings. The van der Waals surface area contributed by atoms with Crippen LogP contribution in [0.2, 0.25) is 0 Å². The van der Waals surface area contributed by atoms with Crippen molar-refractivity contribution in [2.24, 2.45) is 0 Å². The third kappa shape index (κ3) is 2.06. The van der Waals surface area contributed by atoms with Gasteiger partial charge in [0.15, 0.2) is 0 Å².